The van der Waals surface area contributed by atoms with Crippen molar-refractivity contribution in [2.24, 2.45) is 0 Å². The van der Waals surface area contributed by atoms with Gasteiger partial charge in [0.1, 0.15) is 5.75 Å². The highest BCUT2D eigenvalue weighted by molar-refractivity contribution is 7.07. The van der Waals surface area contributed by atoms with E-state index in [4.69, 9.17) is 4.74 Å². The van der Waals surface area contributed by atoms with Gasteiger partial charge in [0.15, 0.2) is 0 Å². The van der Waals surface area contributed by atoms with Crippen molar-refractivity contribution in [1.29, 1.82) is 0 Å². The Bertz CT molecular complexity index is 550. The number of benzene rings is 1. The topological polar surface area (TPSA) is 21.3 Å². The van der Waals surface area contributed by atoms with Crippen LogP contribution in [-0.4, -0.2) is 13.2 Å². The number of ether oxygens (including phenoxy) is 1. The average Bonchev–Trinajstić information content (AvgIpc) is 3.13. The van der Waals surface area contributed by atoms with Crippen LogP contribution in [0.5, 0.6) is 5.75 Å². The maximum Gasteiger partial charge on any atom is 0.122 e. The Labute approximate surface area is 124 Å². The Kier molecular flexibility index (Phi) is 4.38. The van der Waals surface area contributed by atoms with E-state index < -0.39 is 0 Å². The molecule has 106 valence electrons. The third-order valence-electron chi connectivity index (χ3n) is 3.91. The third kappa shape index (κ3) is 3.05. The van der Waals surface area contributed by atoms with Crippen LogP contribution < -0.4 is 10.1 Å². The van der Waals surface area contributed by atoms with Crippen molar-refractivity contribution in [3.63, 3.8) is 0 Å². The van der Waals surface area contributed by atoms with Gasteiger partial charge in [-0.05, 0) is 59.0 Å². The Morgan fingerprint density at radius 3 is 3.10 bits per heavy atom. The monoisotopic (exact) mass is 287 g/mol. The molecule has 1 aromatic carbocycles. The van der Waals surface area contributed by atoms with Crippen molar-refractivity contribution >= 4 is 11.3 Å². The first-order chi connectivity index (χ1) is 9.86. The zero-order chi connectivity index (χ0) is 13.8. The number of fused-ring (bicyclic) bond motifs is 1. The van der Waals surface area contributed by atoms with E-state index in [1.807, 2.05) is 0 Å². The van der Waals surface area contributed by atoms with Gasteiger partial charge in [-0.3, -0.25) is 0 Å². The molecule has 0 saturated heterocycles. The Hall–Kier alpha value is -1.32. The molecule has 0 radical (unpaired) electrons. The van der Waals surface area contributed by atoms with E-state index in [0.29, 0.717) is 6.04 Å². The molecule has 0 bridgehead atoms. The predicted octanol–water partition coefficient (Wildman–Crippen LogP) is 3.97. The molecule has 0 spiro atoms. The second-order valence-corrected chi connectivity index (χ2v) is 6.04. The molecule has 2 heterocycles. The van der Waals surface area contributed by atoms with E-state index in [9.17, 15) is 0 Å². The second-order valence-electron chi connectivity index (χ2n) is 5.26. The van der Waals surface area contributed by atoms with Crippen LogP contribution in [0.3, 0.4) is 0 Å². The smallest absolute Gasteiger partial charge is 0.122 e. The van der Waals surface area contributed by atoms with Crippen LogP contribution in [0.4, 0.5) is 0 Å². The lowest BCUT2D eigenvalue weighted by Crippen LogP contribution is -2.23. The fourth-order valence-corrected chi connectivity index (χ4v) is 3.45. The van der Waals surface area contributed by atoms with Crippen molar-refractivity contribution in [2.75, 3.05) is 13.2 Å². The highest BCUT2D eigenvalue weighted by Crippen LogP contribution is 2.29. The molecule has 2 nitrogen and oxygen atoms in total. The molecule has 1 unspecified atom stereocenters. The standard InChI is InChI=1S/C17H21NOS/c1-2-16(18-8-5-13-7-10-20-12-13)14-3-4-17-15(11-14)6-9-19-17/h3-4,7,10-12,16,18H,2,5-6,8-9H2,1H3. The van der Waals surface area contributed by atoms with E-state index in [-0.39, 0.29) is 0 Å². The Balaban J connectivity index is 1.61. The molecule has 1 aliphatic rings. The molecule has 1 N–H and O–H groups in total. The number of nitrogens with one attached hydrogen (secondary N) is 1. The summed E-state index contributed by atoms with van der Waals surface area (Å²) in [6.07, 6.45) is 3.27. The summed E-state index contributed by atoms with van der Waals surface area (Å²) in [6.45, 7) is 4.11. The quantitative estimate of drug-likeness (QED) is 0.868. The molecule has 0 saturated carbocycles. The van der Waals surface area contributed by atoms with E-state index in [0.717, 1.165) is 38.2 Å². The summed E-state index contributed by atoms with van der Waals surface area (Å²) in [5.74, 6) is 1.07. The Morgan fingerprint density at radius 1 is 1.35 bits per heavy atom. The maximum atomic E-state index is 5.58. The lowest BCUT2D eigenvalue weighted by molar-refractivity contribution is 0.356. The molecule has 1 atom stereocenters. The number of hydrogen-bond acceptors (Lipinski definition) is 3. The molecule has 20 heavy (non-hydrogen) atoms. The van der Waals surface area contributed by atoms with Crippen LogP contribution in [0.1, 0.15) is 36.1 Å². The van der Waals surface area contributed by atoms with Crippen LogP contribution in [-0.2, 0) is 12.8 Å². The van der Waals surface area contributed by atoms with Gasteiger partial charge in [0.25, 0.3) is 0 Å². The highest BCUT2D eigenvalue weighted by Gasteiger charge is 2.15. The van der Waals surface area contributed by atoms with Gasteiger partial charge in [-0.2, -0.15) is 11.3 Å². The van der Waals surface area contributed by atoms with E-state index >= 15 is 0 Å². The van der Waals surface area contributed by atoms with Crippen LogP contribution >= 0.6 is 11.3 Å². The molecule has 1 aliphatic heterocycles. The van der Waals surface area contributed by atoms with Gasteiger partial charge in [0, 0.05) is 12.5 Å². The van der Waals surface area contributed by atoms with Gasteiger partial charge >= 0.3 is 0 Å². The van der Waals surface area contributed by atoms with E-state index in [2.05, 4.69) is 47.3 Å². The van der Waals surface area contributed by atoms with Crippen molar-refractivity contribution in [3.8, 4) is 5.75 Å². The molecule has 1 aromatic heterocycles. The molecule has 3 rings (SSSR count). The van der Waals surface area contributed by atoms with Crippen LogP contribution in [0.2, 0.25) is 0 Å². The second kappa shape index (κ2) is 6.42. The first kappa shape index (κ1) is 13.7. The highest BCUT2D eigenvalue weighted by atomic mass is 32.1. The largest absolute Gasteiger partial charge is 0.493 e. The summed E-state index contributed by atoms with van der Waals surface area (Å²) < 4.78 is 5.58. The first-order valence-electron chi connectivity index (χ1n) is 7.37. The van der Waals surface area contributed by atoms with Crippen LogP contribution in [0, 0.1) is 0 Å². The normalized spacial score (nSPS) is 14.8. The average molecular weight is 287 g/mol. The molecular formula is C17H21NOS. The summed E-state index contributed by atoms with van der Waals surface area (Å²) >= 11 is 1.77. The number of rotatable bonds is 6. The van der Waals surface area contributed by atoms with Crippen molar-refractivity contribution in [1.82, 2.24) is 5.32 Å². The van der Waals surface area contributed by atoms with Crippen molar-refractivity contribution in [3.05, 3.63) is 51.7 Å². The van der Waals surface area contributed by atoms with Crippen LogP contribution in [0.15, 0.2) is 35.0 Å². The molecule has 0 fully saturated rings. The van der Waals surface area contributed by atoms with Crippen molar-refractivity contribution < 1.29 is 4.74 Å². The first-order valence-corrected chi connectivity index (χ1v) is 8.31. The number of hydrogen-bond donors (Lipinski definition) is 1. The van der Waals surface area contributed by atoms with Gasteiger partial charge in [-0.1, -0.05) is 19.1 Å². The van der Waals surface area contributed by atoms with Crippen molar-refractivity contribution in [2.45, 2.75) is 32.2 Å². The molecule has 3 heteroatoms. The van der Waals surface area contributed by atoms with Gasteiger partial charge in [-0.15, -0.1) is 0 Å². The van der Waals surface area contributed by atoms with Gasteiger partial charge < -0.3 is 10.1 Å². The molecular weight excluding hydrogens is 266 g/mol. The Morgan fingerprint density at radius 2 is 2.30 bits per heavy atom. The lowest BCUT2D eigenvalue weighted by atomic mass is 10.0. The molecule has 2 aromatic rings. The zero-order valence-electron chi connectivity index (χ0n) is 11.9. The van der Waals surface area contributed by atoms with Gasteiger partial charge in [-0.25, -0.2) is 0 Å². The van der Waals surface area contributed by atoms with Crippen LogP contribution in [0.25, 0.3) is 0 Å². The minimum atomic E-state index is 0.444. The fraction of sp³-hybridized carbons (Fsp3) is 0.412. The van der Waals surface area contributed by atoms with Gasteiger partial charge in [0.05, 0.1) is 6.61 Å². The minimum absolute atomic E-state index is 0.444. The third-order valence-corrected chi connectivity index (χ3v) is 4.64. The fourth-order valence-electron chi connectivity index (χ4n) is 2.75. The van der Waals surface area contributed by atoms with E-state index in [1.54, 1.807) is 11.3 Å². The summed E-state index contributed by atoms with van der Waals surface area (Å²) in [4.78, 5) is 0. The lowest BCUT2D eigenvalue weighted by Gasteiger charge is -2.18. The maximum absolute atomic E-state index is 5.58. The van der Waals surface area contributed by atoms with Gasteiger partial charge in [0.2, 0.25) is 0 Å². The zero-order valence-corrected chi connectivity index (χ0v) is 12.7. The summed E-state index contributed by atoms with van der Waals surface area (Å²) in [7, 11) is 0. The summed E-state index contributed by atoms with van der Waals surface area (Å²) in [5, 5.41) is 8.06. The predicted molar refractivity (Wildman–Crippen MR) is 84.7 cm³/mol. The van der Waals surface area contributed by atoms with E-state index in [1.165, 1.54) is 16.7 Å². The molecule has 0 amide bonds. The molecule has 0 aliphatic carbocycles. The SMILES string of the molecule is CCC(NCCc1ccsc1)c1ccc2c(c1)CCO2. The minimum Gasteiger partial charge on any atom is -0.493 e. The summed E-state index contributed by atoms with van der Waals surface area (Å²) in [5.41, 5.74) is 4.18. The summed E-state index contributed by atoms with van der Waals surface area (Å²) in [6, 6.07) is 9.30. The number of thiophene rings is 1.